The predicted octanol–water partition coefficient (Wildman–Crippen LogP) is 2.16. The van der Waals surface area contributed by atoms with Crippen LogP contribution in [0.4, 0.5) is 5.82 Å². The van der Waals surface area contributed by atoms with Crippen molar-refractivity contribution in [2.24, 2.45) is 5.92 Å². The first-order valence-electron chi connectivity index (χ1n) is 6.06. The molecule has 0 bridgehead atoms. The van der Waals surface area contributed by atoms with Gasteiger partial charge in [0.2, 0.25) is 0 Å². The quantitative estimate of drug-likeness (QED) is 0.636. The average Bonchev–Trinajstić information content (AvgIpc) is 2.37. The summed E-state index contributed by atoms with van der Waals surface area (Å²) in [5.41, 5.74) is 0. The summed E-state index contributed by atoms with van der Waals surface area (Å²) in [4.78, 5) is 8.33. The standard InChI is InChI=1S/C12H19N3OS/c1-17-12-6-11(14-8-15-12)13-7-9-3-2-4-10(16)5-9/h6,8-10,16H,2-5,7H2,1H3,(H,13,14,15). The molecule has 2 rings (SSSR count). The van der Waals surface area contributed by atoms with Crippen LogP contribution < -0.4 is 5.32 Å². The van der Waals surface area contributed by atoms with E-state index >= 15 is 0 Å². The van der Waals surface area contributed by atoms with E-state index in [9.17, 15) is 5.11 Å². The maximum absolute atomic E-state index is 9.60. The SMILES string of the molecule is CSc1cc(NCC2CCCC(O)C2)ncn1. The lowest BCUT2D eigenvalue weighted by Crippen LogP contribution is -2.25. The lowest BCUT2D eigenvalue weighted by atomic mass is 9.87. The monoisotopic (exact) mass is 253 g/mol. The molecule has 0 radical (unpaired) electrons. The van der Waals surface area contributed by atoms with Crippen molar-refractivity contribution in [2.45, 2.75) is 36.8 Å². The van der Waals surface area contributed by atoms with Gasteiger partial charge >= 0.3 is 0 Å². The van der Waals surface area contributed by atoms with E-state index in [4.69, 9.17) is 0 Å². The Hall–Kier alpha value is -0.810. The summed E-state index contributed by atoms with van der Waals surface area (Å²) in [7, 11) is 0. The number of thioether (sulfide) groups is 1. The Morgan fingerprint density at radius 1 is 1.47 bits per heavy atom. The summed E-state index contributed by atoms with van der Waals surface area (Å²) in [6.45, 7) is 0.891. The van der Waals surface area contributed by atoms with Gasteiger partial charge in [-0.05, 0) is 31.4 Å². The van der Waals surface area contributed by atoms with Crippen LogP contribution in [0.15, 0.2) is 17.4 Å². The average molecular weight is 253 g/mol. The second-order valence-corrected chi connectivity index (χ2v) is 5.34. The van der Waals surface area contributed by atoms with E-state index in [1.54, 1.807) is 18.1 Å². The Kier molecular flexibility index (Phi) is 4.62. The van der Waals surface area contributed by atoms with Gasteiger partial charge in [0.15, 0.2) is 0 Å². The van der Waals surface area contributed by atoms with Gasteiger partial charge in [0.05, 0.1) is 6.10 Å². The number of rotatable bonds is 4. The third-order valence-corrected chi connectivity index (χ3v) is 3.82. The number of aliphatic hydroxyl groups excluding tert-OH is 1. The van der Waals surface area contributed by atoms with Crippen molar-refractivity contribution in [3.05, 3.63) is 12.4 Å². The molecule has 1 aliphatic carbocycles. The van der Waals surface area contributed by atoms with Gasteiger partial charge in [0, 0.05) is 12.6 Å². The molecule has 1 aromatic heterocycles. The number of aliphatic hydroxyl groups is 1. The summed E-state index contributed by atoms with van der Waals surface area (Å²) in [5, 5.41) is 13.9. The highest BCUT2D eigenvalue weighted by Crippen LogP contribution is 2.24. The molecule has 1 heterocycles. The largest absolute Gasteiger partial charge is 0.393 e. The number of anilines is 1. The second kappa shape index (κ2) is 6.21. The van der Waals surface area contributed by atoms with Gasteiger partial charge in [0.1, 0.15) is 17.2 Å². The molecule has 0 aliphatic heterocycles. The highest BCUT2D eigenvalue weighted by Gasteiger charge is 2.19. The summed E-state index contributed by atoms with van der Waals surface area (Å²) >= 11 is 1.61. The van der Waals surface area contributed by atoms with E-state index in [2.05, 4.69) is 15.3 Å². The third-order valence-electron chi connectivity index (χ3n) is 3.18. The van der Waals surface area contributed by atoms with Gasteiger partial charge in [-0.1, -0.05) is 6.42 Å². The molecule has 0 spiro atoms. The van der Waals surface area contributed by atoms with Crippen molar-refractivity contribution in [3.8, 4) is 0 Å². The topological polar surface area (TPSA) is 58.0 Å². The van der Waals surface area contributed by atoms with Crippen molar-refractivity contribution in [1.82, 2.24) is 9.97 Å². The van der Waals surface area contributed by atoms with Crippen molar-refractivity contribution >= 4 is 17.6 Å². The molecular formula is C12H19N3OS. The van der Waals surface area contributed by atoms with E-state index < -0.39 is 0 Å². The zero-order chi connectivity index (χ0) is 12.1. The fourth-order valence-corrected chi connectivity index (χ4v) is 2.63. The number of aromatic nitrogens is 2. The Bertz CT molecular complexity index is 361. The van der Waals surface area contributed by atoms with E-state index in [0.29, 0.717) is 5.92 Å². The zero-order valence-corrected chi connectivity index (χ0v) is 10.9. The van der Waals surface area contributed by atoms with Crippen LogP contribution in [-0.4, -0.2) is 34.0 Å². The van der Waals surface area contributed by atoms with E-state index in [1.807, 2.05) is 12.3 Å². The Morgan fingerprint density at radius 2 is 2.35 bits per heavy atom. The normalized spacial score (nSPS) is 24.6. The molecule has 2 unspecified atom stereocenters. The molecule has 2 atom stereocenters. The van der Waals surface area contributed by atoms with Gasteiger partial charge < -0.3 is 10.4 Å². The molecule has 1 fully saturated rings. The first-order chi connectivity index (χ1) is 8.28. The van der Waals surface area contributed by atoms with Crippen molar-refractivity contribution in [1.29, 1.82) is 0 Å². The zero-order valence-electron chi connectivity index (χ0n) is 10.1. The minimum atomic E-state index is -0.109. The van der Waals surface area contributed by atoms with Gasteiger partial charge in [-0.15, -0.1) is 11.8 Å². The molecule has 4 nitrogen and oxygen atoms in total. The predicted molar refractivity (Wildman–Crippen MR) is 70.3 cm³/mol. The number of hydrogen-bond acceptors (Lipinski definition) is 5. The summed E-state index contributed by atoms with van der Waals surface area (Å²) in [5.74, 6) is 1.44. The Morgan fingerprint density at radius 3 is 3.12 bits per heavy atom. The summed E-state index contributed by atoms with van der Waals surface area (Å²) in [6.07, 6.45) is 7.68. The highest BCUT2D eigenvalue weighted by atomic mass is 32.2. The van der Waals surface area contributed by atoms with E-state index in [1.165, 1.54) is 6.42 Å². The van der Waals surface area contributed by atoms with Gasteiger partial charge in [-0.25, -0.2) is 9.97 Å². The summed E-state index contributed by atoms with van der Waals surface area (Å²) < 4.78 is 0. The van der Waals surface area contributed by atoms with Crippen molar-refractivity contribution < 1.29 is 5.11 Å². The maximum Gasteiger partial charge on any atom is 0.130 e. The lowest BCUT2D eigenvalue weighted by molar-refractivity contribution is 0.104. The first kappa shape index (κ1) is 12.6. The van der Waals surface area contributed by atoms with Gasteiger partial charge in [-0.2, -0.15) is 0 Å². The molecule has 1 saturated carbocycles. The molecule has 0 amide bonds. The highest BCUT2D eigenvalue weighted by molar-refractivity contribution is 7.98. The fraction of sp³-hybridized carbons (Fsp3) is 0.667. The van der Waals surface area contributed by atoms with Gasteiger partial charge in [-0.3, -0.25) is 0 Å². The molecule has 17 heavy (non-hydrogen) atoms. The fourth-order valence-electron chi connectivity index (χ4n) is 2.24. The van der Waals surface area contributed by atoms with Crippen LogP contribution in [0, 0.1) is 5.92 Å². The number of nitrogens with one attached hydrogen (secondary N) is 1. The van der Waals surface area contributed by atoms with Crippen molar-refractivity contribution in [2.75, 3.05) is 18.1 Å². The van der Waals surface area contributed by atoms with E-state index in [0.717, 1.165) is 36.7 Å². The molecule has 94 valence electrons. The van der Waals surface area contributed by atoms with Crippen LogP contribution in [0.5, 0.6) is 0 Å². The van der Waals surface area contributed by atoms with Crippen LogP contribution in [0.2, 0.25) is 0 Å². The second-order valence-electron chi connectivity index (χ2n) is 4.51. The minimum absolute atomic E-state index is 0.109. The number of hydrogen-bond donors (Lipinski definition) is 2. The van der Waals surface area contributed by atoms with E-state index in [-0.39, 0.29) is 6.10 Å². The molecule has 5 heteroatoms. The Balaban J connectivity index is 1.84. The van der Waals surface area contributed by atoms with Crippen molar-refractivity contribution in [3.63, 3.8) is 0 Å². The molecule has 2 N–H and O–H groups in total. The lowest BCUT2D eigenvalue weighted by Gasteiger charge is -2.26. The molecular weight excluding hydrogens is 234 g/mol. The minimum Gasteiger partial charge on any atom is -0.393 e. The molecule has 0 saturated heterocycles. The maximum atomic E-state index is 9.60. The number of nitrogens with zero attached hydrogens (tertiary/aromatic N) is 2. The third kappa shape index (κ3) is 3.85. The molecule has 1 aromatic rings. The molecule has 1 aliphatic rings. The van der Waals surface area contributed by atoms with Crippen LogP contribution in [0.25, 0.3) is 0 Å². The van der Waals surface area contributed by atoms with Gasteiger partial charge in [0.25, 0.3) is 0 Å². The van der Waals surface area contributed by atoms with Crippen LogP contribution in [0.3, 0.4) is 0 Å². The Labute approximate surface area is 106 Å². The van der Waals surface area contributed by atoms with Crippen LogP contribution in [0.1, 0.15) is 25.7 Å². The van der Waals surface area contributed by atoms with Crippen LogP contribution in [-0.2, 0) is 0 Å². The summed E-state index contributed by atoms with van der Waals surface area (Å²) in [6, 6.07) is 1.96. The molecule has 0 aromatic carbocycles. The van der Waals surface area contributed by atoms with Crippen LogP contribution >= 0.6 is 11.8 Å². The smallest absolute Gasteiger partial charge is 0.130 e. The first-order valence-corrected chi connectivity index (χ1v) is 7.28.